The zero-order valence-corrected chi connectivity index (χ0v) is 18.1. The van der Waals surface area contributed by atoms with Gasteiger partial charge in [0.05, 0.1) is 6.54 Å². The van der Waals surface area contributed by atoms with Crippen molar-refractivity contribution in [3.05, 3.63) is 72.1 Å². The number of aromatic nitrogens is 2. The van der Waals surface area contributed by atoms with E-state index in [0.717, 1.165) is 11.1 Å². The highest BCUT2D eigenvalue weighted by Gasteiger charge is 2.16. The normalized spacial score (nSPS) is 11.0. The van der Waals surface area contributed by atoms with Crippen LogP contribution in [-0.4, -0.2) is 27.5 Å². The molecule has 0 saturated heterocycles. The molecule has 0 saturated carbocycles. The standard InChI is InChI=1S/C23H27N5O3/c1-16-14-18(25-22(30)31-23(2,3)4)10-11-19(16)26-21(29)27-20-9-6-5-8-17(20)15-28-13-7-12-24-28/h5-14H,15H2,1-4H3,(H,25,30)(H2,26,27,29). The molecule has 1 heterocycles. The van der Waals surface area contributed by atoms with E-state index in [1.165, 1.54) is 0 Å². The maximum Gasteiger partial charge on any atom is 0.412 e. The highest BCUT2D eigenvalue weighted by atomic mass is 16.6. The number of urea groups is 1. The molecule has 31 heavy (non-hydrogen) atoms. The number of carbonyl (C=O) groups excluding carboxylic acids is 2. The highest BCUT2D eigenvalue weighted by molar-refractivity contribution is 6.01. The number of carbonyl (C=O) groups is 2. The second-order valence-electron chi connectivity index (χ2n) is 8.10. The smallest absolute Gasteiger partial charge is 0.412 e. The van der Waals surface area contributed by atoms with Crippen LogP contribution < -0.4 is 16.0 Å². The number of nitrogens with one attached hydrogen (secondary N) is 3. The molecular weight excluding hydrogens is 394 g/mol. The molecule has 3 aromatic rings. The molecule has 2 aromatic carbocycles. The second kappa shape index (κ2) is 9.34. The monoisotopic (exact) mass is 421 g/mol. The fraction of sp³-hybridized carbons (Fsp3) is 0.261. The topological polar surface area (TPSA) is 97.3 Å². The van der Waals surface area contributed by atoms with E-state index in [9.17, 15) is 9.59 Å². The molecule has 3 N–H and O–H groups in total. The number of hydrogen-bond acceptors (Lipinski definition) is 4. The number of hydrogen-bond donors (Lipinski definition) is 3. The summed E-state index contributed by atoms with van der Waals surface area (Å²) in [5.74, 6) is 0. The Hall–Kier alpha value is -3.81. The van der Waals surface area contributed by atoms with Crippen molar-refractivity contribution < 1.29 is 14.3 Å². The Bertz CT molecular complexity index is 1060. The van der Waals surface area contributed by atoms with Crippen molar-refractivity contribution in [2.45, 2.75) is 39.8 Å². The summed E-state index contributed by atoms with van der Waals surface area (Å²) >= 11 is 0. The van der Waals surface area contributed by atoms with Gasteiger partial charge >= 0.3 is 12.1 Å². The average Bonchev–Trinajstić information content (AvgIpc) is 3.17. The largest absolute Gasteiger partial charge is 0.444 e. The van der Waals surface area contributed by atoms with Crippen molar-refractivity contribution in [1.29, 1.82) is 0 Å². The van der Waals surface area contributed by atoms with Crippen LogP contribution in [-0.2, 0) is 11.3 Å². The summed E-state index contributed by atoms with van der Waals surface area (Å²) in [5.41, 5.74) is 3.09. The maximum absolute atomic E-state index is 12.6. The van der Waals surface area contributed by atoms with Gasteiger partial charge < -0.3 is 15.4 Å². The Morgan fingerprint density at radius 2 is 1.74 bits per heavy atom. The number of amides is 3. The summed E-state index contributed by atoms with van der Waals surface area (Å²) < 4.78 is 7.05. The van der Waals surface area contributed by atoms with Gasteiger partial charge in [-0.05, 0) is 69.2 Å². The lowest BCUT2D eigenvalue weighted by Crippen LogP contribution is -2.27. The zero-order valence-electron chi connectivity index (χ0n) is 18.1. The van der Waals surface area contributed by atoms with Crippen molar-refractivity contribution in [3.63, 3.8) is 0 Å². The van der Waals surface area contributed by atoms with E-state index in [4.69, 9.17) is 4.74 Å². The van der Waals surface area contributed by atoms with Gasteiger partial charge in [-0.25, -0.2) is 9.59 Å². The van der Waals surface area contributed by atoms with Gasteiger partial charge in [0.25, 0.3) is 0 Å². The molecule has 8 heteroatoms. The first-order chi connectivity index (χ1) is 14.7. The SMILES string of the molecule is Cc1cc(NC(=O)OC(C)(C)C)ccc1NC(=O)Nc1ccccc1Cn1cccn1. The van der Waals surface area contributed by atoms with E-state index in [1.54, 1.807) is 49.8 Å². The summed E-state index contributed by atoms with van der Waals surface area (Å²) in [6.45, 7) is 7.80. The molecule has 0 spiro atoms. The van der Waals surface area contributed by atoms with Crippen molar-refractivity contribution in [2.75, 3.05) is 16.0 Å². The second-order valence-corrected chi connectivity index (χ2v) is 8.10. The number of benzene rings is 2. The first-order valence-corrected chi connectivity index (χ1v) is 9.93. The minimum atomic E-state index is -0.577. The molecule has 0 aliphatic carbocycles. The number of ether oxygens (including phenoxy) is 1. The van der Waals surface area contributed by atoms with Crippen molar-refractivity contribution in [3.8, 4) is 0 Å². The van der Waals surface area contributed by atoms with E-state index in [1.807, 2.05) is 43.5 Å². The van der Waals surface area contributed by atoms with Gasteiger partial charge in [-0.3, -0.25) is 10.00 Å². The molecule has 1 aromatic heterocycles. The third kappa shape index (κ3) is 6.60. The summed E-state index contributed by atoms with van der Waals surface area (Å²) in [7, 11) is 0. The quantitative estimate of drug-likeness (QED) is 0.525. The lowest BCUT2D eigenvalue weighted by atomic mass is 10.1. The minimum absolute atomic E-state index is 0.358. The highest BCUT2D eigenvalue weighted by Crippen LogP contribution is 2.22. The van der Waals surface area contributed by atoms with E-state index in [-0.39, 0.29) is 6.03 Å². The summed E-state index contributed by atoms with van der Waals surface area (Å²) in [6.07, 6.45) is 3.05. The van der Waals surface area contributed by atoms with Crippen LogP contribution in [0.25, 0.3) is 0 Å². The molecule has 0 atom stereocenters. The predicted octanol–water partition coefficient (Wildman–Crippen LogP) is 5.23. The molecule has 3 rings (SSSR count). The van der Waals surface area contributed by atoms with Crippen LogP contribution in [0.2, 0.25) is 0 Å². The van der Waals surface area contributed by atoms with Crippen LogP contribution in [0.1, 0.15) is 31.9 Å². The summed E-state index contributed by atoms with van der Waals surface area (Å²) in [5, 5.41) is 12.6. The Balaban J connectivity index is 1.63. The van der Waals surface area contributed by atoms with E-state index in [2.05, 4.69) is 21.0 Å². The fourth-order valence-corrected chi connectivity index (χ4v) is 2.93. The van der Waals surface area contributed by atoms with E-state index in [0.29, 0.717) is 23.6 Å². The maximum atomic E-state index is 12.6. The van der Waals surface area contributed by atoms with Crippen LogP contribution in [0.3, 0.4) is 0 Å². The third-order valence-corrected chi connectivity index (χ3v) is 4.28. The molecule has 0 aliphatic heterocycles. The first kappa shape index (κ1) is 21.9. The molecule has 0 fully saturated rings. The Labute approximate surface area is 181 Å². The first-order valence-electron chi connectivity index (χ1n) is 9.93. The van der Waals surface area contributed by atoms with Gasteiger partial charge in [0.15, 0.2) is 0 Å². The Kier molecular flexibility index (Phi) is 6.59. The molecule has 0 radical (unpaired) electrons. The van der Waals surface area contributed by atoms with Gasteiger partial charge in [0.1, 0.15) is 5.60 Å². The third-order valence-electron chi connectivity index (χ3n) is 4.28. The molecule has 8 nitrogen and oxygen atoms in total. The van der Waals surface area contributed by atoms with Gasteiger partial charge in [0.2, 0.25) is 0 Å². The molecule has 0 aliphatic rings. The predicted molar refractivity (Wildman–Crippen MR) is 121 cm³/mol. The van der Waals surface area contributed by atoms with Crippen LogP contribution >= 0.6 is 0 Å². The molecular formula is C23H27N5O3. The van der Waals surface area contributed by atoms with Crippen molar-refractivity contribution in [1.82, 2.24) is 9.78 Å². The molecule has 0 unspecified atom stereocenters. The molecule has 3 amide bonds. The van der Waals surface area contributed by atoms with Crippen LogP contribution in [0.4, 0.5) is 26.7 Å². The summed E-state index contributed by atoms with van der Waals surface area (Å²) in [4.78, 5) is 24.5. The van der Waals surface area contributed by atoms with E-state index >= 15 is 0 Å². The van der Waals surface area contributed by atoms with Crippen molar-refractivity contribution in [2.24, 2.45) is 0 Å². The van der Waals surface area contributed by atoms with Crippen LogP contribution in [0.5, 0.6) is 0 Å². The number of nitrogens with zero attached hydrogens (tertiary/aromatic N) is 2. The van der Waals surface area contributed by atoms with Gasteiger partial charge in [-0.1, -0.05) is 18.2 Å². The van der Waals surface area contributed by atoms with E-state index < -0.39 is 11.7 Å². The van der Waals surface area contributed by atoms with Crippen molar-refractivity contribution >= 4 is 29.2 Å². The average molecular weight is 422 g/mol. The molecule has 0 bridgehead atoms. The minimum Gasteiger partial charge on any atom is -0.444 e. The number of rotatable bonds is 5. The van der Waals surface area contributed by atoms with Crippen LogP contribution in [0, 0.1) is 6.92 Å². The number of anilines is 3. The van der Waals surface area contributed by atoms with Gasteiger partial charge in [0, 0.05) is 29.5 Å². The Morgan fingerprint density at radius 1 is 1.00 bits per heavy atom. The van der Waals surface area contributed by atoms with Crippen LogP contribution in [0.15, 0.2) is 60.9 Å². The number of aryl methyl sites for hydroxylation is 1. The van der Waals surface area contributed by atoms with Gasteiger partial charge in [-0.15, -0.1) is 0 Å². The zero-order chi connectivity index (χ0) is 22.4. The summed E-state index contributed by atoms with van der Waals surface area (Å²) in [6, 6.07) is 14.3. The van der Waals surface area contributed by atoms with Gasteiger partial charge in [-0.2, -0.15) is 5.10 Å². The number of para-hydroxylation sites is 1. The Morgan fingerprint density at radius 3 is 2.42 bits per heavy atom. The fourth-order valence-electron chi connectivity index (χ4n) is 2.93. The lowest BCUT2D eigenvalue weighted by Gasteiger charge is -2.20. The molecule has 162 valence electrons. The lowest BCUT2D eigenvalue weighted by molar-refractivity contribution is 0.0636.